The highest BCUT2D eigenvalue weighted by molar-refractivity contribution is 7.80. The van der Waals surface area contributed by atoms with E-state index in [1.807, 2.05) is 11.8 Å². The van der Waals surface area contributed by atoms with Crippen molar-refractivity contribution in [2.24, 2.45) is 5.92 Å². The summed E-state index contributed by atoms with van der Waals surface area (Å²) in [6.07, 6.45) is 2.09. The van der Waals surface area contributed by atoms with Gasteiger partial charge >= 0.3 is 0 Å². The molecule has 8 heteroatoms. The predicted molar refractivity (Wildman–Crippen MR) is 133 cm³/mol. The van der Waals surface area contributed by atoms with Gasteiger partial charge in [-0.3, -0.25) is 14.9 Å². The van der Waals surface area contributed by atoms with Crippen LogP contribution < -0.4 is 15.4 Å². The van der Waals surface area contributed by atoms with Crippen LogP contribution in [0.5, 0.6) is 5.75 Å². The number of benzene rings is 2. The molecule has 0 unspecified atom stereocenters. The Labute approximate surface area is 200 Å². The van der Waals surface area contributed by atoms with E-state index in [1.54, 1.807) is 48.5 Å². The highest BCUT2D eigenvalue weighted by Crippen LogP contribution is 2.19. The number of nitrogens with one attached hydrogen (secondary N) is 2. The number of piperidine rings is 1. The Bertz CT molecular complexity index is 956. The number of nitrogens with zero attached hydrogens (tertiary/aromatic N) is 1. The van der Waals surface area contributed by atoms with Crippen LogP contribution in [-0.4, -0.2) is 54.7 Å². The molecule has 0 saturated carbocycles. The molecule has 3 rings (SSSR count). The molecule has 0 aromatic heterocycles. The van der Waals surface area contributed by atoms with Crippen LogP contribution in [-0.2, 0) is 4.74 Å². The molecule has 0 bridgehead atoms. The second-order valence-corrected chi connectivity index (χ2v) is 8.44. The molecular formula is C25H31N3O4S. The van der Waals surface area contributed by atoms with Gasteiger partial charge in [0.1, 0.15) is 12.4 Å². The number of thiocarbonyl (C=S) groups is 1. The lowest BCUT2D eigenvalue weighted by Crippen LogP contribution is -2.37. The Morgan fingerprint density at radius 2 is 1.79 bits per heavy atom. The fourth-order valence-corrected chi connectivity index (χ4v) is 3.73. The molecule has 7 nitrogen and oxygen atoms in total. The van der Waals surface area contributed by atoms with Crippen LogP contribution in [0, 0.1) is 5.92 Å². The molecule has 0 radical (unpaired) electrons. The number of amides is 2. The maximum absolute atomic E-state index is 12.7. The molecule has 1 aliphatic heterocycles. The topological polar surface area (TPSA) is 79.9 Å². The minimum Gasteiger partial charge on any atom is -0.491 e. The molecule has 1 aliphatic rings. The Morgan fingerprint density at radius 3 is 2.48 bits per heavy atom. The van der Waals surface area contributed by atoms with E-state index in [0.29, 0.717) is 48.3 Å². The van der Waals surface area contributed by atoms with E-state index in [2.05, 4.69) is 17.6 Å². The van der Waals surface area contributed by atoms with E-state index in [9.17, 15) is 9.59 Å². The minimum absolute atomic E-state index is 0.0488. The van der Waals surface area contributed by atoms with Crippen molar-refractivity contribution >= 4 is 34.8 Å². The summed E-state index contributed by atoms with van der Waals surface area (Å²) in [4.78, 5) is 27.1. The lowest BCUT2D eigenvalue weighted by Gasteiger charge is -2.30. The summed E-state index contributed by atoms with van der Waals surface area (Å²) in [5, 5.41) is 5.82. The van der Waals surface area contributed by atoms with Crippen LogP contribution in [0.1, 0.15) is 47.4 Å². The Hall–Kier alpha value is -2.97. The molecule has 176 valence electrons. The van der Waals surface area contributed by atoms with Crippen molar-refractivity contribution in [3.8, 4) is 5.75 Å². The zero-order chi connectivity index (χ0) is 23.6. The van der Waals surface area contributed by atoms with Gasteiger partial charge in [-0.05, 0) is 80.4 Å². The van der Waals surface area contributed by atoms with Gasteiger partial charge < -0.3 is 19.7 Å². The summed E-state index contributed by atoms with van der Waals surface area (Å²) in [5.74, 6) is 0.971. The molecule has 2 aromatic carbocycles. The van der Waals surface area contributed by atoms with Crippen molar-refractivity contribution < 1.29 is 19.1 Å². The molecule has 2 amide bonds. The first-order valence-corrected chi connectivity index (χ1v) is 11.7. The highest BCUT2D eigenvalue weighted by Gasteiger charge is 2.21. The second kappa shape index (κ2) is 12.3. The van der Waals surface area contributed by atoms with Crippen molar-refractivity contribution in [1.29, 1.82) is 0 Å². The fraction of sp³-hybridized carbons (Fsp3) is 0.400. The number of hydrogen-bond donors (Lipinski definition) is 2. The van der Waals surface area contributed by atoms with E-state index in [-0.39, 0.29) is 16.9 Å². The first-order chi connectivity index (χ1) is 16.0. The maximum atomic E-state index is 12.7. The summed E-state index contributed by atoms with van der Waals surface area (Å²) in [6.45, 7) is 7.28. The molecule has 1 fully saturated rings. The van der Waals surface area contributed by atoms with E-state index in [0.717, 1.165) is 25.9 Å². The van der Waals surface area contributed by atoms with Gasteiger partial charge in [0.15, 0.2) is 5.11 Å². The van der Waals surface area contributed by atoms with Gasteiger partial charge in [0.05, 0.1) is 6.61 Å². The molecule has 0 aliphatic carbocycles. The van der Waals surface area contributed by atoms with Gasteiger partial charge in [0.2, 0.25) is 0 Å². The largest absolute Gasteiger partial charge is 0.491 e. The number of carbonyl (C=O) groups excluding carboxylic acids is 2. The number of rotatable bonds is 8. The fourth-order valence-electron chi connectivity index (χ4n) is 3.52. The van der Waals surface area contributed by atoms with Crippen LogP contribution in [0.4, 0.5) is 5.69 Å². The van der Waals surface area contributed by atoms with Gasteiger partial charge in [-0.1, -0.05) is 13.0 Å². The Morgan fingerprint density at radius 1 is 1.06 bits per heavy atom. The van der Waals surface area contributed by atoms with Crippen molar-refractivity contribution in [3.63, 3.8) is 0 Å². The number of anilines is 1. The number of likely N-dealkylation sites (tertiary alicyclic amines) is 1. The Balaban J connectivity index is 1.50. The van der Waals surface area contributed by atoms with Crippen molar-refractivity contribution in [2.75, 3.05) is 38.2 Å². The zero-order valence-electron chi connectivity index (χ0n) is 19.1. The molecule has 0 atom stereocenters. The monoisotopic (exact) mass is 469 g/mol. The molecule has 1 heterocycles. The van der Waals surface area contributed by atoms with E-state index < -0.39 is 0 Å². The molecule has 33 heavy (non-hydrogen) atoms. The predicted octanol–water partition coefficient (Wildman–Crippen LogP) is 4.10. The molecule has 0 spiro atoms. The summed E-state index contributed by atoms with van der Waals surface area (Å²) < 4.78 is 10.8. The van der Waals surface area contributed by atoms with Crippen molar-refractivity contribution in [2.45, 2.75) is 26.7 Å². The van der Waals surface area contributed by atoms with Crippen molar-refractivity contribution in [1.82, 2.24) is 10.2 Å². The minimum atomic E-state index is -0.339. The van der Waals surface area contributed by atoms with Crippen LogP contribution in [0.3, 0.4) is 0 Å². The standard InChI is InChI=1S/C25H31N3O4S/c1-3-31-15-16-32-22-6-4-5-20(17-22)23(29)27-25(33)26-21-9-7-19(8-10-21)24(30)28-13-11-18(2)12-14-28/h4-10,17-18H,3,11-16H2,1-2H3,(H2,26,27,29,33). The maximum Gasteiger partial charge on any atom is 0.257 e. The number of ether oxygens (including phenoxy) is 2. The lowest BCUT2D eigenvalue weighted by molar-refractivity contribution is 0.0697. The first-order valence-electron chi connectivity index (χ1n) is 11.3. The number of carbonyl (C=O) groups is 2. The van der Waals surface area contributed by atoms with Gasteiger partial charge in [-0.15, -0.1) is 0 Å². The van der Waals surface area contributed by atoms with Crippen LogP contribution in [0.2, 0.25) is 0 Å². The van der Waals surface area contributed by atoms with Crippen molar-refractivity contribution in [3.05, 3.63) is 59.7 Å². The summed E-state index contributed by atoms with van der Waals surface area (Å²) in [7, 11) is 0. The molecular weight excluding hydrogens is 438 g/mol. The lowest BCUT2D eigenvalue weighted by atomic mass is 9.98. The quantitative estimate of drug-likeness (QED) is 0.448. The average molecular weight is 470 g/mol. The summed E-state index contributed by atoms with van der Waals surface area (Å²) >= 11 is 5.28. The van der Waals surface area contributed by atoms with E-state index in [4.69, 9.17) is 21.7 Å². The van der Waals surface area contributed by atoms with E-state index in [1.165, 1.54) is 0 Å². The molecule has 2 N–H and O–H groups in total. The van der Waals surface area contributed by atoms with E-state index >= 15 is 0 Å². The van der Waals surface area contributed by atoms with Gasteiger partial charge in [0, 0.05) is 36.5 Å². The second-order valence-electron chi connectivity index (χ2n) is 8.03. The van der Waals surface area contributed by atoms with Gasteiger partial charge in [-0.2, -0.15) is 0 Å². The number of hydrogen-bond acceptors (Lipinski definition) is 5. The SMILES string of the molecule is CCOCCOc1cccc(C(=O)NC(=S)Nc2ccc(C(=O)N3CCC(C)CC3)cc2)c1. The summed E-state index contributed by atoms with van der Waals surface area (Å²) in [6, 6.07) is 14.0. The normalized spacial score (nSPS) is 13.9. The third kappa shape index (κ3) is 7.54. The third-order valence-electron chi connectivity index (χ3n) is 5.48. The average Bonchev–Trinajstić information content (AvgIpc) is 2.82. The first kappa shape index (κ1) is 24.7. The summed E-state index contributed by atoms with van der Waals surface area (Å²) in [5.41, 5.74) is 1.77. The highest BCUT2D eigenvalue weighted by atomic mass is 32.1. The van der Waals surface area contributed by atoms with Crippen LogP contribution >= 0.6 is 12.2 Å². The zero-order valence-corrected chi connectivity index (χ0v) is 20.0. The van der Waals surface area contributed by atoms with Gasteiger partial charge in [-0.25, -0.2) is 0 Å². The Kier molecular flexibility index (Phi) is 9.21. The molecule has 1 saturated heterocycles. The smallest absolute Gasteiger partial charge is 0.257 e. The third-order valence-corrected chi connectivity index (χ3v) is 5.69. The van der Waals surface area contributed by atoms with Crippen LogP contribution in [0.25, 0.3) is 0 Å². The molecule has 2 aromatic rings. The van der Waals surface area contributed by atoms with Crippen LogP contribution in [0.15, 0.2) is 48.5 Å². The van der Waals surface area contributed by atoms with Gasteiger partial charge in [0.25, 0.3) is 11.8 Å².